The lowest BCUT2D eigenvalue weighted by Crippen LogP contribution is -2.31. The zero-order valence-electron chi connectivity index (χ0n) is 11.2. The molecule has 0 saturated carbocycles. The van der Waals surface area contributed by atoms with Crippen molar-refractivity contribution < 1.29 is 9.53 Å². The molecule has 0 aromatic carbocycles. The minimum Gasteiger partial charge on any atom is -0.376 e. The fourth-order valence-electron chi connectivity index (χ4n) is 2.88. The van der Waals surface area contributed by atoms with Crippen molar-refractivity contribution in [2.24, 2.45) is 0 Å². The van der Waals surface area contributed by atoms with E-state index in [-0.39, 0.29) is 12.0 Å². The van der Waals surface area contributed by atoms with Crippen LogP contribution in [0.2, 0.25) is 0 Å². The van der Waals surface area contributed by atoms with Crippen molar-refractivity contribution in [2.75, 3.05) is 13.2 Å². The molecule has 1 N–H and O–H groups in total. The van der Waals surface area contributed by atoms with E-state index in [0.29, 0.717) is 6.54 Å². The highest BCUT2D eigenvalue weighted by Crippen LogP contribution is 2.28. The van der Waals surface area contributed by atoms with E-state index in [0.717, 1.165) is 37.2 Å². The summed E-state index contributed by atoms with van der Waals surface area (Å²) >= 11 is 1.69. The summed E-state index contributed by atoms with van der Waals surface area (Å²) in [5.74, 6) is 0.0774. The van der Waals surface area contributed by atoms with Gasteiger partial charge in [0.15, 0.2) is 0 Å². The zero-order chi connectivity index (χ0) is 13.1. The molecule has 1 fully saturated rings. The molecule has 1 atom stereocenters. The summed E-state index contributed by atoms with van der Waals surface area (Å²) in [6.45, 7) is 1.50. The number of hydrogen-bond donors (Lipinski definition) is 1. The summed E-state index contributed by atoms with van der Waals surface area (Å²) in [4.78, 5) is 14.5. The van der Waals surface area contributed by atoms with E-state index in [4.69, 9.17) is 4.74 Å². The molecule has 1 aliphatic heterocycles. The van der Waals surface area contributed by atoms with E-state index in [9.17, 15) is 4.79 Å². The number of thiophene rings is 1. The molecule has 19 heavy (non-hydrogen) atoms. The van der Waals surface area contributed by atoms with Gasteiger partial charge in [-0.25, -0.2) is 0 Å². The number of aryl methyl sites for hydroxylation is 2. The van der Waals surface area contributed by atoms with Crippen LogP contribution >= 0.6 is 11.3 Å². The normalized spacial score (nSPS) is 22.8. The number of hydrogen-bond acceptors (Lipinski definition) is 3. The van der Waals surface area contributed by atoms with Gasteiger partial charge < -0.3 is 10.1 Å². The standard InChI is InChI=1S/C15H21NO2S/c17-15(16-10-12-6-4-8-18-12)14-9-11-5-2-1-3-7-13(11)19-14/h9,12H,1-8,10H2,(H,16,17)/t12-/m1/s1. The monoisotopic (exact) mass is 279 g/mol. The molecule has 1 aliphatic carbocycles. The van der Waals surface area contributed by atoms with Crippen LogP contribution in [-0.4, -0.2) is 25.2 Å². The third kappa shape index (κ3) is 3.18. The second-order valence-electron chi connectivity index (χ2n) is 5.46. The first-order valence-electron chi connectivity index (χ1n) is 7.34. The van der Waals surface area contributed by atoms with Crippen molar-refractivity contribution in [3.05, 3.63) is 21.4 Å². The molecule has 1 saturated heterocycles. The highest BCUT2D eigenvalue weighted by Gasteiger charge is 2.19. The second kappa shape index (κ2) is 6.06. The smallest absolute Gasteiger partial charge is 0.261 e. The molecule has 3 nitrogen and oxygen atoms in total. The van der Waals surface area contributed by atoms with Gasteiger partial charge in [0.25, 0.3) is 5.91 Å². The average Bonchev–Trinajstić information content (AvgIpc) is 3.02. The van der Waals surface area contributed by atoms with Crippen LogP contribution < -0.4 is 5.32 Å². The quantitative estimate of drug-likeness (QED) is 0.864. The molecule has 1 aromatic heterocycles. The van der Waals surface area contributed by atoms with E-state index in [1.54, 1.807) is 11.3 Å². The maximum Gasteiger partial charge on any atom is 0.261 e. The lowest BCUT2D eigenvalue weighted by molar-refractivity contribution is 0.0861. The van der Waals surface area contributed by atoms with Crippen molar-refractivity contribution in [3.63, 3.8) is 0 Å². The van der Waals surface area contributed by atoms with Gasteiger partial charge in [-0.3, -0.25) is 4.79 Å². The Hall–Kier alpha value is -0.870. The van der Waals surface area contributed by atoms with Crippen molar-refractivity contribution in [2.45, 2.75) is 51.0 Å². The van der Waals surface area contributed by atoms with Crippen LogP contribution in [0.5, 0.6) is 0 Å². The molecule has 3 rings (SSSR count). The summed E-state index contributed by atoms with van der Waals surface area (Å²) in [6, 6.07) is 2.11. The van der Waals surface area contributed by atoms with Crippen molar-refractivity contribution in [1.82, 2.24) is 5.32 Å². The molecule has 1 aromatic rings. The Morgan fingerprint density at radius 1 is 1.32 bits per heavy atom. The third-order valence-corrected chi connectivity index (χ3v) is 5.22. The average molecular weight is 279 g/mol. The fraction of sp³-hybridized carbons (Fsp3) is 0.667. The van der Waals surface area contributed by atoms with Gasteiger partial charge in [-0.1, -0.05) is 6.42 Å². The minimum absolute atomic E-state index is 0.0774. The van der Waals surface area contributed by atoms with E-state index >= 15 is 0 Å². The Morgan fingerprint density at radius 2 is 2.21 bits per heavy atom. The second-order valence-corrected chi connectivity index (χ2v) is 6.60. The predicted octanol–water partition coefficient (Wildman–Crippen LogP) is 2.93. The summed E-state index contributed by atoms with van der Waals surface area (Å²) in [5.41, 5.74) is 1.41. The molecule has 0 unspecified atom stereocenters. The van der Waals surface area contributed by atoms with E-state index < -0.39 is 0 Å². The van der Waals surface area contributed by atoms with Crippen LogP contribution in [0.25, 0.3) is 0 Å². The molecular formula is C15H21NO2S. The fourth-order valence-corrected chi connectivity index (χ4v) is 4.05. The van der Waals surface area contributed by atoms with E-state index in [1.165, 1.54) is 29.7 Å². The summed E-state index contributed by atoms with van der Waals surface area (Å²) in [6.07, 6.45) is 8.56. The van der Waals surface area contributed by atoms with Crippen LogP contribution in [0.1, 0.15) is 52.2 Å². The largest absolute Gasteiger partial charge is 0.376 e. The number of carbonyl (C=O) groups excluding carboxylic acids is 1. The molecule has 4 heteroatoms. The third-order valence-electron chi connectivity index (χ3n) is 3.98. The number of amides is 1. The lowest BCUT2D eigenvalue weighted by Gasteiger charge is -2.09. The minimum atomic E-state index is 0.0774. The van der Waals surface area contributed by atoms with Crippen molar-refractivity contribution in [1.29, 1.82) is 0 Å². The van der Waals surface area contributed by atoms with Crippen LogP contribution in [0, 0.1) is 0 Å². The maximum atomic E-state index is 12.1. The van der Waals surface area contributed by atoms with Gasteiger partial charge in [-0.15, -0.1) is 11.3 Å². The summed E-state index contributed by atoms with van der Waals surface area (Å²) in [5, 5.41) is 3.01. The molecule has 0 spiro atoms. The highest BCUT2D eigenvalue weighted by molar-refractivity contribution is 7.14. The topological polar surface area (TPSA) is 38.3 Å². The number of nitrogens with one attached hydrogen (secondary N) is 1. The van der Waals surface area contributed by atoms with Gasteiger partial charge in [0.2, 0.25) is 0 Å². The van der Waals surface area contributed by atoms with E-state index in [1.807, 2.05) is 0 Å². The Morgan fingerprint density at radius 3 is 3.05 bits per heavy atom. The van der Waals surface area contributed by atoms with Crippen LogP contribution in [0.15, 0.2) is 6.07 Å². The number of carbonyl (C=O) groups is 1. The Bertz CT molecular complexity index is 425. The maximum absolute atomic E-state index is 12.1. The van der Waals surface area contributed by atoms with Gasteiger partial charge in [-0.2, -0.15) is 0 Å². The number of rotatable bonds is 3. The van der Waals surface area contributed by atoms with Gasteiger partial charge in [0, 0.05) is 18.0 Å². The highest BCUT2D eigenvalue weighted by atomic mass is 32.1. The Balaban J connectivity index is 1.60. The predicted molar refractivity (Wildman–Crippen MR) is 76.9 cm³/mol. The first-order valence-corrected chi connectivity index (χ1v) is 8.16. The van der Waals surface area contributed by atoms with Crippen LogP contribution in [0.3, 0.4) is 0 Å². The first kappa shape index (κ1) is 13.1. The summed E-state index contributed by atoms with van der Waals surface area (Å²) in [7, 11) is 0. The molecule has 104 valence electrons. The van der Waals surface area contributed by atoms with Gasteiger partial charge >= 0.3 is 0 Å². The summed E-state index contributed by atoms with van der Waals surface area (Å²) < 4.78 is 5.53. The van der Waals surface area contributed by atoms with Crippen LogP contribution in [0.4, 0.5) is 0 Å². The molecule has 0 bridgehead atoms. The van der Waals surface area contributed by atoms with Crippen molar-refractivity contribution >= 4 is 17.2 Å². The van der Waals surface area contributed by atoms with Crippen LogP contribution in [-0.2, 0) is 17.6 Å². The molecule has 2 heterocycles. The number of fused-ring (bicyclic) bond motifs is 1. The van der Waals surface area contributed by atoms with Gasteiger partial charge in [0.05, 0.1) is 11.0 Å². The molecule has 0 radical (unpaired) electrons. The van der Waals surface area contributed by atoms with E-state index in [2.05, 4.69) is 11.4 Å². The zero-order valence-corrected chi connectivity index (χ0v) is 12.1. The number of ether oxygens (including phenoxy) is 1. The lowest BCUT2D eigenvalue weighted by atomic mass is 10.1. The molecule has 2 aliphatic rings. The molecule has 1 amide bonds. The van der Waals surface area contributed by atoms with Crippen molar-refractivity contribution in [3.8, 4) is 0 Å². The Labute approximate surface area is 118 Å². The van der Waals surface area contributed by atoms with Gasteiger partial charge in [-0.05, 0) is 50.2 Å². The first-order chi connectivity index (χ1) is 9.33. The molecular weight excluding hydrogens is 258 g/mol. The Kier molecular flexibility index (Phi) is 4.18. The SMILES string of the molecule is O=C(NC[C@H]1CCCO1)c1cc2c(s1)CCCCC2. The van der Waals surface area contributed by atoms with Gasteiger partial charge in [0.1, 0.15) is 0 Å².